The highest BCUT2D eigenvalue weighted by Gasteiger charge is 2.28. The Kier molecular flexibility index (Phi) is 6.32. The van der Waals surface area contributed by atoms with E-state index in [0.29, 0.717) is 9.77 Å². The predicted octanol–water partition coefficient (Wildman–Crippen LogP) is 2.31. The van der Waals surface area contributed by atoms with Gasteiger partial charge in [0, 0.05) is 22.8 Å². The minimum absolute atomic E-state index is 0.0330. The van der Waals surface area contributed by atoms with Crippen LogP contribution in [0.4, 0.5) is 0 Å². The molecule has 0 aliphatic carbocycles. The first-order chi connectivity index (χ1) is 8.84. The van der Waals surface area contributed by atoms with Gasteiger partial charge in [-0.05, 0) is 38.3 Å². The van der Waals surface area contributed by atoms with Gasteiger partial charge in [-0.1, -0.05) is 0 Å². The number of aliphatic hydroxyl groups excluding tert-OH is 1. The largest absolute Gasteiger partial charge is 0.391 e. The van der Waals surface area contributed by atoms with Gasteiger partial charge < -0.3 is 5.11 Å². The van der Waals surface area contributed by atoms with Gasteiger partial charge in [-0.3, -0.25) is 0 Å². The fourth-order valence-corrected chi connectivity index (χ4v) is 5.15. The van der Waals surface area contributed by atoms with Crippen LogP contribution in [0.25, 0.3) is 0 Å². The molecule has 0 fully saturated rings. The first kappa shape index (κ1) is 17.0. The van der Waals surface area contributed by atoms with Gasteiger partial charge in [0.15, 0.2) is 0 Å². The Hall–Kier alpha value is -0.0800. The number of aryl methyl sites for hydroxylation is 1. The molecule has 1 N–H and O–H groups in total. The molecule has 1 aromatic heterocycles. The second-order valence-electron chi connectivity index (χ2n) is 4.44. The molecule has 0 spiro atoms. The lowest BCUT2D eigenvalue weighted by molar-refractivity contribution is 0.285. The van der Waals surface area contributed by atoms with E-state index in [1.54, 1.807) is 31.8 Å². The van der Waals surface area contributed by atoms with E-state index in [9.17, 15) is 8.42 Å². The van der Waals surface area contributed by atoms with Crippen molar-refractivity contribution >= 4 is 33.1 Å². The van der Waals surface area contributed by atoms with E-state index in [1.165, 1.54) is 15.6 Å². The second-order valence-corrected chi connectivity index (χ2v) is 8.74. The average Bonchev–Trinajstić information content (AvgIpc) is 2.76. The van der Waals surface area contributed by atoms with Gasteiger partial charge >= 0.3 is 0 Å². The summed E-state index contributed by atoms with van der Waals surface area (Å²) in [7, 11) is -1.84. The van der Waals surface area contributed by atoms with Crippen molar-refractivity contribution < 1.29 is 13.5 Å². The summed E-state index contributed by atoms with van der Waals surface area (Å²) in [5.74, 6) is 0.936. The molecule has 1 atom stereocenters. The quantitative estimate of drug-likeness (QED) is 0.836. The van der Waals surface area contributed by atoms with E-state index >= 15 is 0 Å². The Morgan fingerprint density at radius 2 is 2.16 bits per heavy atom. The van der Waals surface area contributed by atoms with Gasteiger partial charge in [-0.2, -0.15) is 16.1 Å². The lowest BCUT2D eigenvalue weighted by Gasteiger charge is -2.24. The summed E-state index contributed by atoms with van der Waals surface area (Å²) in [6.07, 6.45) is 2.84. The van der Waals surface area contributed by atoms with Crippen LogP contribution in [-0.4, -0.2) is 42.9 Å². The smallest absolute Gasteiger partial charge is 0.244 e. The molecule has 0 saturated heterocycles. The van der Waals surface area contributed by atoms with Crippen molar-refractivity contribution in [1.82, 2.24) is 4.31 Å². The average molecular weight is 324 g/mol. The van der Waals surface area contributed by atoms with Crippen molar-refractivity contribution in [2.24, 2.45) is 0 Å². The first-order valence-corrected chi connectivity index (χ1v) is 9.66. The summed E-state index contributed by atoms with van der Waals surface area (Å²) in [5, 5.41) is 9.10. The minimum Gasteiger partial charge on any atom is -0.391 e. The number of thiophene rings is 1. The normalized spacial score (nSPS) is 14.0. The van der Waals surface area contributed by atoms with E-state index < -0.39 is 10.0 Å². The molecule has 1 unspecified atom stereocenters. The highest BCUT2D eigenvalue weighted by molar-refractivity contribution is 7.98. The third-order valence-corrected chi connectivity index (χ3v) is 7.00. The maximum Gasteiger partial charge on any atom is 0.244 e. The molecule has 4 nitrogen and oxygen atoms in total. The van der Waals surface area contributed by atoms with Crippen molar-refractivity contribution in [3.05, 3.63) is 15.8 Å². The molecule has 110 valence electrons. The number of rotatable bonds is 7. The van der Waals surface area contributed by atoms with Crippen LogP contribution in [-0.2, 0) is 16.6 Å². The van der Waals surface area contributed by atoms with E-state index in [2.05, 4.69) is 0 Å². The first-order valence-electron chi connectivity index (χ1n) is 6.01. The summed E-state index contributed by atoms with van der Waals surface area (Å²) in [6, 6.07) is 1.54. The highest BCUT2D eigenvalue weighted by atomic mass is 32.2. The molecule has 0 aliphatic heterocycles. The molecule has 0 saturated carbocycles. The Morgan fingerprint density at radius 3 is 2.63 bits per heavy atom. The van der Waals surface area contributed by atoms with Crippen LogP contribution in [0.2, 0.25) is 0 Å². The SMILES string of the molecule is CSCCC(C)N(C)S(=O)(=O)c1cc(CO)sc1C. The maximum atomic E-state index is 12.5. The maximum absolute atomic E-state index is 12.5. The summed E-state index contributed by atoms with van der Waals surface area (Å²) >= 11 is 3.04. The fraction of sp³-hybridized carbons (Fsp3) is 0.667. The second kappa shape index (κ2) is 7.08. The third-order valence-electron chi connectivity index (χ3n) is 3.10. The zero-order chi connectivity index (χ0) is 14.6. The van der Waals surface area contributed by atoms with Gasteiger partial charge in [0.05, 0.1) is 11.5 Å². The summed E-state index contributed by atoms with van der Waals surface area (Å²) in [4.78, 5) is 1.73. The lowest BCUT2D eigenvalue weighted by Crippen LogP contribution is -2.35. The van der Waals surface area contributed by atoms with E-state index in [1.807, 2.05) is 13.2 Å². The van der Waals surface area contributed by atoms with E-state index in [4.69, 9.17) is 5.11 Å². The molecule has 0 aliphatic rings. The van der Waals surface area contributed by atoms with E-state index in [-0.39, 0.29) is 12.6 Å². The lowest BCUT2D eigenvalue weighted by atomic mass is 10.3. The van der Waals surface area contributed by atoms with Crippen LogP contribution in [0, 0.1) is 6.92 Å². The highest BCUT2D eigenvalue weighted by Crippen LogP contribution is 2.29. The van der Waals surface area contributed by atoms with Gasteiger partial charge in [0.1, 0.15) is 0 Å². The Morgan fingerprint density at radius 1 is 1.53 bits per heavy atom. The van der Waals surface area contributed by atoms with Crippen LogP contribution in [0.5, 0.6) is 0 Å². The standard InChI is InChI=1S/C12H21NO3S3/c1-9(5-6-17-4)13(3)19(15,16)12-7-11(8-14)18-10(12)2/h7,9,14H,5-6,8H2,1-4H3. The number of thioether (sulfide) groups is 1. The number of hydrogen-bond acceptors (Lipinski definition) is 5. The van der Waals surface area contributed by atoms with Gasteiger partial charge in [-0.15, -0.1) is 11.3 Å². The number of nitrogens with zero attached hydrogens (tertiary/aromatic N) is 1. The van der Waals surface area contributed by atoms with Crippen molar-refractivity contribution in [3.63, 3.8) is 0 Å². The van der Waals surface area contributed by atoms with Crippen molar-refractivity contribution in [2.75, 3.05) is 19.1 Å². The van der Waals surface area contributed by atoms with Gasteiger partial charge in [0.25, 0.3) is 0 Å². The van der Waals surface area contributed by atoms with Crippen LogP contribution in [0.3, 0.4) is 0 Å². The molecule has 0 aromatic carbocycles. The van der Waals surface area contributed by atoms with Gasteiger partial charge in [-0.25, -0.2) is 8.42 Å². The zero-order valence-electron chi connectivity index (χ0n) is 11.7. The fourth-order valence-electron chi connectivity index (χ4n) is 1.72. The van der Waals surface area contributed by atoms with Crippen LogP contribution >= 0.6 is 23.1 Å². The topological polar surface area (TPSA) is 57.6 Å². The van der Waals surface area contributed by atoms with Crippen LogP contribution < -0.4 is 0 Å². The molecule has 0 amide bonds. The minimum atomic E-state index is -3.47. The van der Waals surface area contributed by atoms with Crippen molar-refractivity contribution in [1.29, 1.82) is 0 Å². The van der Waals surface area contributed by atoms with Crippen molar-refractivity contribution in [2.45, 2.75) is 37.8 Å². The molecule has 7 heteroatoms. The summed E-state index contributed by atoms with van der Waals surface area (Å²) in [5.41, 5.74) is 0. The Balaban J connectivity index is 2.99. The zero-order valence-corrected chi connectivity index (χ0v) is 14.2. The molecule has 19 heavy (non-hydrogen) atoms. The monoisotopic (exact) mass is 323 g/mol. The molecule has 1 heterocycles. The van der Waals surface area contributed by atoms with E-state index in [0.717, 1.165) is 17.1 Å². The third kappa shape index (κ3) is 3.95. The molecule has 0 bridgehead atoms. The number of sulfonamides is 1. The molecular weight excluding hydrogens is 302 g/mol. The molecule has 0 radical (unpaired) electrons. The summed E-state index contributed by atoms with van der Waals surface area (Å²) in [6.45, 7) is 3.58. The predicted molar refractivity (Wildman–Crippen MR) is 82.4 cm³/mol. The molecule has 1 rings (SSSR count). The van der Waals surface area contributed by atoms with Crippen LogP contribution in [0.15, 0.2) is 11.0 Å². The molecule has 1 aromatic rings. The molecular formula is C12H21NO3S3. The van der Waals surface area contributed by atoms with Crippen molar-refractivity contribution in [3.8, 4) is 0 Å². The number of aliphatic hydroxyl groups is 1. The number of hydrogen-bond donors (Lipinski definition) is 1. The summed E-state index contributed by atoms with van der Waals surface area (Å²) < 4.78 is 26.5. The van der Waals surface area contributed by atoms with Crippen LogP contribution in [0.1, 0.15) is 23.1 Å². The Labute approximate surface area is 123 Å². The Bertz CT molecular complexity index is 510. The van der Waals surface area contributed by atoms with Gasteiger partial charge in [0.2, 0.25) is 10.0 Å².